The first-order valence-electron chi connectivity index (χ1n) is 7.35. The van der Waals surface area contributed by atoms with Gasteiger partial charge in [-0.3, -0.25) is 4.79 Å². The molecule has 1 saturated carbocycles. The Bertz CT molecular complexity index is 398. The van der Waals surface area contributed by atoms with Crippen molar-refractivity contribution in [1.82, 2.24) is 4.90 Å². The second kappa shape index (κ2) is 6.71. The van der Waals surface area contributed by atoms with E-state index < -0.39 is 6.04 Å². The Morgan fingerprint density at radius 3 is 2.47 bits per heavy atom. The van der Waals surface area contributed by atoms with Crippen LogP contribution < -0.4 is 5.73 Å². The summed E-state index contributed by atoms with van der Waals surface area (Å²) in [7, 11) is 0. The quantitative estimate of drug-likeness (QED) is 0.904. The van der Waals surface area contributed by atoms with Gasteiger partial charge in [0, 0.05) is 12.6 Å². The molecule has 2 N–H and O–H groups in total. The highest BCUT2D eigenvalue weighted by Gasteiger charge is 2.28. The maximum Gasteiger partial charge on any atom is 0.244 e. The maximum atomic E-state index is 12.6. The maximum absolute atomic E-state index is 12.6. The highest BCUT2D eigenvalue weighted by atomic mass is 16.2. The Kier molecular flexibility index (Phi) is 4.97. The molecule has 1 aliphatic carbocycles. The van der Waals surface area contributed by atoms with Crippen molar-refractivity contribution in [1.29, 1.82) is 0 Å². The van der Waals surface area contributed by atoms with Crippen LogP contribution in [-0.4, -0.2) is 23.4 Å². The van der Waals surface area contributed by atoms with Gasteiger partial charge >= 0.3 is 0 Å². The summed E-state index contributed by atoms with van der Waals surface area (Å²) in [6, 6.07) is 9.52. The molecule has 1 aromatic rings. The minimum atomic E-state index is -0.525. The highest BCUT2D eigenvalue weighted by Crippen LogP contribution is 2.24. The van der Waals surface area contributed by atoms with E-state index in [9.17, 15) is 4.79 Å². The van der Waals surface area contributed by atoms with Gasteiger partial charge in [0.25, 0.3) is 0 Å². The van der Waals surface area contributed by atoms with Gasteiger partial charge in [-0.1, -0.05) is 49.6 Å². The van der Waals surface area contributed by atoms with Gasteiger partial charge in [-0.15, -0.1) is 0 Å². The molecule has 1 atom stereocenters. The van der Waals surface area contributed by atoms with Gasteiger partial charge in [0.15, 0.2) is 0 Å². The lowest BCUT2D eigenvalue weighted by atomic mass is 9.93. The van der Waals surface area contributed by atoms with Crippen molar-refractivity contribution < 1.29 is 4.79 Å². The van der Waals surface area contributed by atoms with Crippen LogP contribution in [0.4, 0.5) is 0 Å². The molecular formula is C16H24N2O. The van der Waals surface area contributed by atoms with E-state index in [1.165, 1.54) is 19.3 Å². The Morgan fingerprint density at radius 1 is 1.26 bits per heavy atom. The van der Waals surface area contributed by atoms with E-state index in [2.05, 4.69) is 0 Å². The standard InChI is InChI=1S/C16H24N2O/c1-2-18(14-11-7-4-8-12-14)16(19)15(17)13-9-5-3-6-10-13/h3,5-6,9-10,14-15H,2,4,7-8,11-12,17H2,1H3. The lowest BCUT2D eigenvalue weighted by molar-refractivity contribution is -0.135. The summed E-state index contributed by atoms with van der Waals surface area (Å²) in [5, 5.41) is 0. The summed E-state index contributed by atoms with van der Waals surface area (Å²) in [6.45, 7) is 2.80. The first kappa shape index (κ1) is 14.1. The van der Waals surface area contributed by atoms with Gasteiger partial charge in [0.2, 0.25) is 5.91 Å². The van der Waals surface area contributed by atoms with E-state index in [1.54, 1.807) is 0 Å². The molecule has 19 heavy (non-hydrogen) atoms. The molecule has 1 fully saturated rings. The van der Waals surface area contributed by atoms with Gasteiger partial charge in [-0.25, -0.2) is 0 Å². The molecule has 0 bridgehead atoms. The number of nitrogens with two attached hydrogens (primary N) is 1. The molecule has 3 heteroatoms. The van der Waals surface area contributed by atoms with Gasteiger partial charge < -0.3 is 10.6 Å². The predicted octanol–water partition coefficient (Wildman–Crippen LogP) is 2.87. The van der Waals surface area contributed by atoms with Crippen LogP contribution in [0, 0.1) is 0 Å². The van der Waals surface area contributed by atoms with Gasteiger partial charge in [-0.05, 0) is 25.3 Å². The third-order valence-electron chi connectivity index (χ3n) is 4.06. The van der Waals surface area contributed by atoms with Crippen LogP contribution in [0.3, 0.4) is 0 Å². The first-order chi connectivity index (χ1) is 9.24. The number of carbonyl (C=O) groups excluding carboxylic acids is 1. The van der Waals surface area contributed by atoms with Crippen LogP contribution in [0.25, 0.3) is 0 Å². The van der Waals surface area contributed by atoms with E-state index in [0.29, 0.717) is 6.04 Å². The number of benzene rings is 1. The lowest BCUT2D eigenvalue weighted by Crippen LogP contribution is -2.45. The molecule has 1 aromatic carbocycles. The Balaban J connectivity index is 2.07. The van der Waals surface area contributed by atoms with Crippen molar-refractivity contribution in [3.05, 3.63) is 35.9 Å². The molecule has 0 heterocycles. The summed E-state index contributed by atoms with van der Waals surface area (Å²) in [6.07, 6.45) is 6.01. The van der Waals surface area contributed by atoms with Crippen molar-refractivity contribution in [3.63, 3.8) is 0 Å². The third kappa shape index (κ3) is 3.35. The van der Waals surface area contributed by atoms with E-state index in [0.717, 1.165) is 24.9 Å². The SMILES string of the molecule is CCN(C(=O)C(N)c1ccccc1)C1CCCCC1. The average molecular weight is 260 g/mol. The van der Waals surface area contributed by atoms with Crippen LogP contribution >= 0.6 is 0 Å². The van der Waals surface area contributed by atoms with Crippen molar-refractivity contribution in [2.75, 3.05) is 6.54 Å². The molecule has 0 saturated heterocycles. The average Bonchev–Trinajstić information content (AvgIpc) is 2.49. The molecule has 0 radical (unpaired) electrons. The van der Waals surface area contributed by atoms with Crippen molar-refractivity contribution in [3.8, 4) is 0 Å². The van der Waals surface area contributed by atoms with Crippen LogP contribution in [0.1, 0.15) is 50.6 Å². The summed E-state index contributed by atoms with van der Waals surface area (Å²) >= 11 is 0. The zero-order chi connectivity index (χ0) is 13.7. The summed E-state index contributed by atoms with van der Waals surface area (Å²) in [5.74, 6) is 0.0700. The third-order valence-corrected chi connectivity index (χ3v) is 4.06. The largest absolute Gasteiger partial charge is 0.338 e. The number of hydrogen-bond acceptors (Lipinski definition) is 2. The number of nitrogens with zero attached hydrogens (tertiary/aromatic N) is 1. The fourth-order valence-electron chi connectivity index (χ4n) is 2.97. The van der Waals surface area contributed by atoms with Crippen molar-refractivity contribution in [2.24, 2.45) is 5.73 Å². The lowest BCUT2D eigenvalue weighted by Gasteiger charge is -2.35. The topological polar surface area (TPSA) is 46.3 Å². The molecule has 1 aliphatic rings. The fourth-order valence-corrected chi connectivity index (χ4v) is 2.97. The molecule has 1 unspecified atom stereocenters. The van der Waals surface area contributed by atoms with E-state index >= 15 is 0 Å². The van der Waals surface area contributed by atoms with Crippen LogP contribution in [0.2, 0.25) is 0 Å². The monoisotopic (exact) mass is 260 g/mol. The van der Waals surface area contributed by atoms with Crippen molar-refractivity contribution in [2.45, 2.75) is 51.1 Å². The molecular weight excluding hydrogens is 236 g/mol. The second-order valence-corrected chi connectivity index (χ2v) is 5.30. The first-order valence-corrected chi connectivity index (χ1v) is 7.35. The number of rotatable bonds is 4. The fraction of sp³-hybridized carbons (Fsp3) is 0.562. The Labute approximate surface area is 115 Å². The Morgan fingerprint density at radius 2 is 1.89 bits per heavy atom. The molecule has 3 nitrogen and oxygen atoms in total. The number of carbonyl (C=O) groups is 1. The van der Waals surface area contributed by atoms with Crippen molar-refractivity contribution >= 4 is 5.91 Å². The van der Waals surface area contributed by atoms with Crippen LogP contribution in [0.15, 0.2) is 30.3 Å². The molecule has 0 spiro atoms. The minimum Gasteiger partial charge on any atom is -0.338 e. The van der Waals surface area contributed by atoms with Gasteiger partial charge in [0.1, 0.15) is 6.04 Å². The van der Waals surface area contributed by atoms with Gasteiger partial charge in [-0.2, -0.15) is 0 Å². The Hall–Kier alpha value is -1.35. The summed E-state index contributed by atoms with van der Waals surface area (Å²) in [4.78, 5) is 14.6. The summed E-state index contributed by atoms with van der Waals surface area (Å²) < 4.78 is 0. The number of hydrogen-bond donors (Lipinski definition) is 1. The normalized spacial score (nSPS) is 18.0. The summed E-state index contributed by atoms with van der Waals surface area (Å²) in [5.41, 5.74) is 7.03. The molecule has 1 amide bonds. The highest BCUT2D eigenvalue weighted by molar-refractivity contribution is 5.83. The van der Waals surface area contributed by atoms with E-state index in [4.69, 9.17) is 5.73 Å². The van der Waals surface area contributed by atoms with E-state index in [-0.39, 0.29) is 5.91 Å². The molecule has 0 aliphatic heterocycles. The van der Waals surface area contributed by atoms with Crippen LogP contribution in [0.5, 0.6) is 0 Å². The number of amides is 1. The molecule has 0 aromatic heterocycles. The smallest absolute Gasteiger partial charge is 0.244 e. The number of likely N-dealkylation sites (N-methyl/N-ethyl adjacent to an activating group) is 1. The van der Waals surface area contributed by atoms with E-state index in [1.807, 2.05) is 42.2 Å². The molecule has 104 valence electrons. The van der Waals surface area contributed by atoms with Gasteiger partial charge in [0.05, 0.1) is 0 Å². The predicted molar refractivity (Wildman–Crippen MR) is 77.6 cm³/mol. The zero-order valence-corrected chi connectivity index (χ0v) is 11.7. The molecule has 2 rings (SSSR count). The zero-order valence-electron chi connectivity index (χ0n) is 11.7. The second-order valence-electron chi connectivity index (χ2n) is 5.30. The van der Waals surface area contributed by atoms with Crippen LogP contribution in [-0.2, 0) is 4.79 Å². The minimum absolute atomic E-state index is 0.0700.